The van der Waals surface area contributed by atoms with Crippen LogP contribution in [0.3, 0.4) is 0 Å². The molecule has 0 radical (unpaired) electrons. The van der Waals surface area contributed by atoms with Gasteiger partial charge < -0.3 is 10.4 Å². The molecule has 28 heavy (non-hydrogen) atoms. The van der Waals surface area contributed by atoms with E-state index in [0.717, 1.165) is 0 Å². The topological polar surface area (TPSA) is 71.3 Å². The first-order valence-electron chi connectivity index (χ1n) is 8.42. The fourth-order valence-electron chi connectivity index (χ4n) is 3.38. The molecule has 0 unspecified atom stereocenters. The van der Waals surface area contributed by atoms with Gasteiger partial charge in [0.25, 0.3) is 5.91 Å². The van der Waals surface area contributed by atoms with Gasteiger partial charge in [-0.3, -0.25) is 14.2 Å². The molecule has 0 bridgehead atoms. The number of nitrogens with one attached hydrogen (secondary N) is 1. The number of rotatable bonds is 3. The summed E-state index contributed by atoms with van der Waals surface area (Å²) in [6.07, 6.45) is 0. The van der Waals surface area contributed by atoms with Crippen molar-refractivity contribution in [1.29, 1.82) is 0 Å². The Kier molecular flexibility index (Phi) is 5.37. The number of benzene rings is 2. The number of nitrogens with zero attached hydrogens (tertiary/aromatic N) is 1. The van der Waals surface area contributed by atoms with Crippen LogP contribution in [0.5, 0.6) is 5.75 Å². The van der Waals surface area contributed by atoms with E-state index in [9.17, 15) is 19.1 Å². The minimum absolute atomic E-state index is 0.0296. The number of carbonyl (C=O) groups is 2. The van der Waals surface area contributed by atoms with E-state index in [1.54, 1.807) is 13.8 Å². The van der Waals surface area contributed by atoms with Crippen LogP contribution in [0.25, 0.3) is 10.9 Å². The Balaban J connectivity index is 2.33. The van der Waals surface area contributed by atoms with Crippen molar-refractivity contribution in [3.05, 3.63) is 63.0 Å². The molecule has 0 saturated heterocycles. The second-order valence-corrected chi connectivity index (χ2v) is 7.21. The zero-order valence-electron chi connectivity index (χ0n) is 15.3. The first-order chi connectivity index (χ1) is 13.2. The average molecular weight is 423 g/mol. The Morgan fingerprint density at radius 3 is 2.46 bits per heavy atom. The number of phenolic OH excluding ortho intramolecular Hbond substituents is 1. The number of aromatic hydroxyl groups is 1. The van der Waals surface area contributed by atoms with E-state index >= 15 is 0 Å². The molecule has 0 fully saturated rings. The van der Waals surface area contributed by atoms with Crippen molar-refractivity contribution >= 4 is 45.9 Å². The van der Waals surface area contributed by atoms with Crippen LogP contribution in [-0.2, 0) is 4.79 Å². The lowest BCUT2D eigenvalue weighted by Crippen LogP contribution is -2.24. The standard InChI is InChI=1S/C20H17Cl2FN2O3/c1-9(19(27)24-3)16-10(2)25(14-6-7-15(26)18(23)17(14)16)20(28)11-4-5-12(21)13(22)8-11/h4-9,26H,1-3H3,(H,24,27)/t9-/m1/s1. The molecular weight excluding hydrogens is 406 g/mol. The zero-order valence-corrected chi connectivity index (χ0v) is 16.8. The predicted molar refractivity (Wildman–Crippen MR) is 107 cm³/mol. The zero-order chi connectivity index (χ0) is 20.7. The van der Waals surface area contributed by atoms with Crippen molar-refractivity contribution < 1.29 is 19.1 Å². The molecule has 0 aliphatic rings. The van der Waals surface area contributed by atoms with Crippen molar-refractivity contribution in [2.24, 2.45) is 0 Å². The molecule has 1 heterocycles. The van der Waals surface area contributed by atoms with Gasteiger partial charge in [0.1, 0.15) is 0 Å². The summed E-state index contributed by atoms with van der Waals surface area (Å²) in [6, 6.07) is 7.05. The van der Waals surface area contributed by atoms with Crippen molar-refractivity contribution in [2.45, 2.75) is 19.8 Å². The molecular formula is C20H17Cl2FN2O3. The third-order valence-corrected chi connectivity index (χ3v) is 5.52. The van der Waals surface area contributed by atoms with Gasteiger partial charge in [-0.2, -0.15) is 0 Å². The normalized spacial score (nSPS) is 12.2. The number of carbonyl (C=O) groups excluding carboxylic acids is 2. The molecule has 3 aromatic rings. The van der Waals surface area contributed by atoms with Crippen LogP contribution in [0.4, 0.5) is 4.39 Å². The van der Waals surface area contributed by atoms with Crippen molar-refractivity contribution in [2.75, 3.05) is 7.05 Å². The van der Waals surface area contributed by atoms with Crippen LogP contribution >= 0.6 is 23.2 Å². The van der Waals surface area contributed by atoms with Gasteiger partial charge in [0.05, 0.1) is 21.5 Å². The van der Waals surface area contributed by atoms with E-state index < -0.39 is 23.4 Å². The van der Waals surface area contributed by atoms with Crippen LogP contribution in [0, 0.1) is 12.7 Å². The maximum atomic E-state index is 14.8. The van der Waals surface area contributed by atoms with Crippen LogP contribution < -0.4 is 5.32 Å². The van der Waals surface area contributed by atoms with Crippen LogP contribution in [0.15, 0.2) is 30.3 Å². The highest BCUT2D eigenvalue weighted by Gasteiger charge is 2.29. The fraction of sp³-hybridized carbons (Fsp3) is 0.200. The van der Waals surface area contributed by atoms with E-state index in [2.05, 4.69) is 5.32 Å². The summed E-state index contributed by atoms with van der Waals surface area (Å²) in [5.74, 6) is -2.98. The third-order valence-electron chi connectivity index (χ3n) is 4.78. The minimum Gasteiger partial charge on any atom is -0.505 e. The molecule has 1 aromatic heterocycles. The fourth-order valence-corrected chi connectivity index (χ4v) is 3.67. The summed E-state index contributed by atoms with van der Waals surface area (Å²) in [7, 11) is 1.47. The molecule has 2 N–H and O–H groups in total. The number of hydrogen-bond acceptors (Lipinski definition) is 3. The molecule has 1 atom stereocenters. The highest BCUT2D eigenvalue weighted by atomic mass is 35.5. The van der Waals surface area contributed by atoms with Crippen LogP contribution in [0.1, 0.15) is 34.5 Å². The van der Waals surface area contributed by atoms with Gasteiger partial charge in [-0.05, 0) is 49.7 Å². The Hall–Kier alpha value is -2.57. The molecule has 3 rings (SSSR count). The second-order valence-electron chi connectivity index (χ2n) is 6.40. The molecule has 146 valence electrons. The maximum absolute atomic E-state index is 14.8. The number of hydrogen-bond donors (Lipinski definition) is 2. The molecule has 0 saturated carbocycles. The molecule has 8 heteroatoms. The first kappa shape index (κ1) is 20.2. The monoisotopic (exact) mass is 422 g/mol. The number of amides is 1. The number of fused-ring (bicyclic) bond motifs is 1. The Morgan fingerprint density at radius 1 is 1.18 bits per heavy atom. The molecule has 0 spiro atoms. The second kappa shape index (κ2) is 7.45. The maximum Gasteiger partial charge on any atom is 0.262 e. The Bertz CT molecular complexity index is 1120. The van der Waals surface area contributed by atoms with E-state index in [0.29, 0.717) is 16.3 Å². The van der Waals surface area contributed by atoms with Gasteiger partial charge in [-0.25, -0.2) is 4.39 Å². The van der Waals surface area contributed by atoms with E-state index in [-0.39, 0.29) is 27.4 Å². The number of likely N-dealkylation sites (N-methyl/N-ethyl adjacent to an activating group) is 1. The summed E-state index contributed by atoms with van der Waals surface area (Å²) in [6.45, 7) is 3.23. The lowest BCUT2D eigenvalue weighted by Gasteiger charge is -2.12. The summed E-state index contributed by atoms with van der Waals surface area (Å²) in [5, 5.41) is 12.9. The molecule has 1 amide bonds. The number of aromatic nitrogens is 1. The van der Waals surface area contributed by atoms with Gasteiger partial charge >= 0.3 is 0 Å². The molecule has 0 aliphatic carbocycles. The lowest BCUT2D eigenvalue weighted by molar-refractivity contribution is -0.121. The SMILES string of the molecule is CNC(=O)[C@H](C)c1c(C)n(C(=O)c2ccc(Cl)c(Cl)c2)c2ccc(O)c(F)c12. The largest absolute Gasteiger partial charge is 0.505 e. The van der Waals surface area contributed by atoms with Gasteiger partial charge in [-0.1, -0.05) is 23.2 Å². The van der Waals surface area contributed by atoms with Crippen molar-refractivity contribution in [3.63, 3.8) is 0 Å². The van der Waals surface area contributed by atoms with Gasteiger partial charge in [0.15, 0.2) is 11.6 Å². The highest BCUT2D eigenvalue weighted by molar-refractivity contribution is 6.42. The minimum atomic E-state index is -0.882. The highest BCUT2D eigenvalue weighted by Crippen LogP contribution is 2.37. The van der Waals surface area contributed by atoms with Crippen LogP contribution in [0.2, 0.25) is 10.0 Å². The molecule has 2 aromatic carbocycles. The van der Waals surface area contributed by atoms with E-state index in [1.807, 2.05) is 0 Å². The summed E-state index contributed by atoms with van der Waals surface area (Å²) in [4.78, 5) is 25.4. The Morgan fingerprint density at radius 2 is 1.86 bits per heavy atom. The van der Waals surface area contributed by atoms with Gasteiger partial charge in [0.2, 0.25) is 5.91 Å². The summed E-state index contributed by atoms with van der Waals surface area (Å²) >= 11 is 11.9. The van der Waals surface area contributed by atoms with Gasteiger partial charge in [-0.15, -0.1) is 0 Å². The van der Waals surface area contributed by atoms with Crippen LogP contribution in [-0.4, -0.2) is 28.5 Å². The summed E-state index contributed by atoms with van der Waals surface area (Å²) < 4.78 is 16.1. The lowest BCUT2D eigenvalue weighted by atomic mass is 9.96. The average Bonchev–Trinajstić information content (AvgIpc) is 2.97. The van der Waals surface area contributed by atoms with Gasteiger partial charge in [0, 0.05) is 23.7 Å². The summed E-state index contributed by atoms with van der Waals surface area (Å²) in [5.41, 5.74) is 1.22. The van der Waals surface area contributed by atoms with E-state index in [1.165, 1.54) is 41.9 Å². The van der Waals surface area contributed by atoms with Crippen molar-refractivity contribution in [3.8, 4) is 5.75 Å². The number of halogens is 3. The smallest absolute Gasteiger partial charge is 0.262 e. The molecule has 0 aliphatic heterocycles. The molecule has 5 nitrogen and oxygen atoms in total. The third kappa shape index (κ3) is 3.12. The number of phenols is 1. The Labute approximate surface area is 170 Å². The quantitative estimate of drug-likeness (QED) is 0.645. The first-order valence-corrected chi connectivity index (χ1v) is 9.18. The van der Waals surface area contributed by atoms with Crippen molar-refractivity contribution in [1.82, 2.24) is 9.88 Å². The predicted octanol–water partition coefficient (Wildman–Crippen LogP) is 4.64. The van der Waals surface area contributed by atoms with E-state index in [4.69, 9.17) is 23.2 Å².